The van der Waals surface area contributed by atoms with Gasteiger partial charge in [0.15, 0.2) is 5.15 Å². The minimum atomic E-state index is -0.295. The minimum Gasteiger partial charge on any atom is -0.395 e. The monoisotopic (exact) mass is 206 g/mol. The molecule has 12 heavy (non-hydrogen) atoms. The van der Waals surface area contributed by atoms with Crippen LogP contribution < -0.4 is 5.32 Å². The Morgan fingerprint density at radius 2 is 2.58 bits per heavy atom. The molecular weight excluding hydrogens is 200 g/mol. The number of aromatic nitrogens is 1. The Hall–Kier alpha value is -0.650. The maximum atomic E-state index is 11.1. The summed E-state index contributed by atoms with van der Waals surface area (Å²) in [5.74, 6) is -0.295. The second-order valence-corrected chi connectivity index (χ2v) is 3.16. The van der Waals surface area contributed by atoms with Crippen LogP contribution in [0.5, 0.6) is 0 Å². The van der Waals surface area contributed by atoms with E-state index in [2.05, 4.69) is 10.3 Å². The Labute approximate surface area is 78.2 Å². The summed E-state index contributed by atoms with van der Waals surface area (Å²) in [5.41, 5.74) is 1.50. The van der Waals surface area contributed by atoms with Crippen molar-refractivity contribution in [3.63, 3.8) is 0 Å². The molecule has 1 aromatic heterocycles. The minimum absolute atomic E-state index is 0.0812. The van der Waals surface area contributed by atoms with Crippen molar-refractivity contribution in [3.05, 3.63) is 15.5 Å². The second-order valence-electron chi connectivity index (χ2n) is 1.95. The van der Waals surface area contributed by atoms with E-state index >= 15 is 0 Å². The first-order chi connectivity index (χ1) is 5.75. The predicted octanol–water partition coefficient (Wildman–Crippen LogP) is 0.519. The van der Waals surface area contributed by atoms with E-state index in [1.807, 2.05) is 0 Å². The van der Waals surface area contributed by atoms with Crippen molar-refractivity contribution < 1.29 is 9.90 Å². The summed E-state index contributed by atoms with van der Waals surface area (Å²) in [5, 5.41) is 11.1. The molecule has 2 N–H and O–H groups in total. The van der Waals surface area contributed by atoms with Gasteiger partial charge < -0.3 is 10.4 Å². The highest BCUT2D eigenvalue weighted by Crippen LogP contribution is 2.17. The van der Waals surface area contributed by atoms with Crippen molar-refractivity contribution >= 4 is 28.8 Å². The number of aliphatic hydroxyl groups is 1. The first-order valence-electron chi connectivity index (χ1n) is 3.23. The van der Waals surface area contributed by atoms with Gasteiger partial charge in [-0.1, -0.05) is 11.6 Å². The van der Waals surface area contributed by atoms with E-state index < -0.39 is 0 Å². The van der Waals surface area contributed by atoms with Crippen LogP contribution in [0, 0.1) is 0 Å². The molecule has 0 unspecified atom stereocenters. The Morgan fingerprint density at radius 1 is 1.83 bits per heavy atom. The van der Waals surface area contributed by atoms with Crippen molar-refractivity contribution in [2.24, 2.45) is 0 Å². The maximum Gasteiger partial charge on any atom is 0.264 e. The fourth-order valence-electron chi connectivity index (χ4n) is 0.629. The lowest BCUT2D eigenvalue weighted by atomic mass is 10.5. The lowest BCUT2D eigenvalue weighted by Crippen LogP contribution is -2.25. The number of halogens is 1. The zero-order chi connectivity index (χ0) is 8.97. The zero-order valence-electron chi connectivity index (χ0n) is 6.08. The van der Waals surface area contributed by atoms with Crippen molar-refractivity contribution in [1.82, 2.24) is 10.3 Å². The van der Waals surface area contributed by atoms with Crippen LogP contribution in [0.3, 0.4) is 0 Å². The number of thiazole rings is 1. The zero-order valence-corrected chi connectivity index (χ0v) is 7.65. The number of hydrogen-bond donors (Lipinski definition) is 2. The average molecular weight is 207 g/mol. The van der Waals surface area contributed by atoms with Gasteiger partial charge in [0.1, 0.15) is 4.88 Å². The number of nitrogens with one attached hydrogen (secondary N) is 1. The highest BCUT2D eigenvalue weighted by molar-refractivity contribution is 7.12. The molecule has 1 heterocycles. The molecule has 0 fully saturated rings. The molecule has 0 spiro atoms. The first kappa shape index (κ1) is 9.44. The molecule has 0 aromatic carbocycles. The molecule has 0 radical (unpaired) electrons. The number of carbonyl (C=O) groups is 1. The summed E-state index contributed by atoms with van der Waals surface area (Å²) in [6.07, 6.45) is 0. The Balaban J connectivity index is 2.59. The van der Waals surface area contributed by atoms with E-state index in [0.29, 0.717) is 4.88 Å². The molecule has 0 aliphatic heterocycles. The topological polar surface area (TPSA) is 62.2 Å². The number of aliphatic hydroxyl groups excluding tert-OH is 1. The molecule has 6 heteroatoms. The predicted molar refractivity (Wildman–Crippen MR) is 46.5 cm³/mol. The van der Waals surface area contributed by atoms with E-state index in [0.717, 1.165) is 0 Å². The molecule has 0 aliphatic rings. The van der Waals surface area contributed by atoms with Crippen LogP contribution in [0.15, 0.2) is 5.51 Å². The lowest BCUT2D eigenvalue weighted by molar-refractivity contribution is 0.0949. The Bertz CT molecular complexity index is 276. The molecule has 1 aromatic rings. The number of hydrogen-bond acceptors (Lipinski definition) is 4. The molecule has 0 aliphatic carbocycles. The van der Waals surface area contributed by atoms with E-state index in [4.69, 9.17) is 16.7 Å². The highest BCUT2D eigenvalue weighted by atomic mass is 35.5. The van der Waals surface area contributed by atoms with E-state index in [9.17, 15) is 4.79 Å². The second kappa shape index (κ2) is 4.39. The van der Waals surface area contributed by atoms with Crippen LogP contribution in [0.2, 0.25) is 5.15 Å². The summed E-state index contributed by atoms with van der Waals surface area (Å²) in [6.45, 7) is 0.148. The van der Waals surface area contributed by atoms with Gasteiger partial charge in [-0.3, -0.25) is 4.79 Å². The number of carbonyl (C=O) groups excluding carboxylic acids is 1. The molecule has 1 rings (SSSR count). The summed E-state index contributed by atoms with van der Waals surface area (Å²) >= 11 is 6.76. The summed E-state index contributed by atoms with van der Waals surface area (Å²) < 4.78 is 0. The van der Waals surface area contributed by atoms with Gasteiger partial charge in [-0.05, 0) is 0 Å². The molecule has 4 nitrogen and oxygen atoms in total. The third-order valence-electron chi connectivity index (χ3n) is 1.13. The standard InChI is InChI=1S/C6H7ClN2O2S/c7-5-4(12-3-9-5)6(11)8-1-2-10/h3,10H,1-2H2,(H,8,11). The van der Waals surface area contributed by atoms with Crippen LogP contribution in [-0.2, 0) is 0 Å². The summed E-state index contributed by atoms with van der Waals surface area (Å²) in [4.78, 5) is 15.2. The first-order valence-corrected chi connectivity index (χ1v) is 4.49. The van der Waals surface area contributed by atoms with E-state index in [-0.39, 0.29) is 24.2 Å². The fraction of sp³-hybridized carbons (Fsp3) is 0.333. The van der Waals surface area contributed by atoms with Crippen molar-refractivity contribution in [2.45, 2.75) is 0 Å². The van der Waals surface area contributed by atoms with Crippen LogP contribution in [0.25, 0.3) is 0 Å². The van der Waals surface area contributed by atoms with Gasteiger partial charge in [0.25, 0.3) is 5.91 Å². The molecular formula is C6H7ClN2O2S. The van der Waals surface area contributed by atoms with Crippen LogP contribution in [0.1, 0.15) is 9.67 Å². The number of nitrogens with zero attached hydrogens (tertiary/aromatic N) is 1. The van der Waals surface area contributed by atoms with Gasteiger partial charge in [0.05, 0.1) is 12.1 Å². The SMILES string of the molecule is O=C(NCCO)c1scnc1Cl. The lowest BCUT2D eigenvalue weighted by Gasteiger charge is -1.99. The Morgan fingerprint density at radius 3 is 3.08 bits per heavy atom. The average Bonchev–Trinajstić information content (AvgIpc) is 2.47. The third-order valence-corrected chi connectivity index (χ3v) is 2.35. The van der Waals surface area contributed by atoms with Crippen LogP contribution in [0.4, 0.5) is 0 Å². The van der Waals surface area contributed by atoms with Gasteiger partial charge in [-0.25, -0.2) is 4.98 Å². The molecule has 0 atom stereocenters. The van der Waals surface area contributed by atoms with Gasteiger partial charge in [-0.15, -0.1) is 11.3 Å². The normalized spacial score (nSPS) is 9.83. The maximum absolute atomic E-state index is 11.1. The van der Waals surface area contributed by atoms with Crippen molar-refractivity contribution in [1.29, 1.82) is 0 Å². The smallest absolute Gasteiger partial charge is 0.264 e. The van der Waals surface area contributed by atoms with E-state index in [1.54, 1.807) is 0 Å². The summed E-state index contributed by atoms with van der Waals surface area (Å²) in [7, 11) is 0. The van der Waals surface area contributed by atoms with Crippen molar-refractivity contribution in [2.75, 3.05) is 13.2 Å². The Kier molecular flexibility index (Phi) is 3.46. The molecule has 0 saturated heterocycles. The highest BCUT2D eigenvalue weighted by Gasteiger charge is 2.11. The van der Waals surface area contributed by atoms with Gasteiger partial charge in [-0.2, -0.15) is 0 Å². The fourth-order valence-corrected chi connectivity index (χ4v) is 1.55. The van der Waals surface area contributed by atoms with Crippen LogP contribution >= 0.6 is 22.9 Å². The number of rotatable bonds is 3. The molecule has 1 amide bonds. The van der Waals surface area contributed by atoms with Gasteiger partial charge in [0.2, 0.25) is 0 Å². The molecule has 66 valence electrons. The van der Waals surface area contributed by atoms with Crippen LogP contribution in [-0.4, -0.2) is 29.1 Å². The molecule has 0 bridgehead atoms. The van der Waals surface area contributed by atoms with Gasteiger partial charge in [0, 0.05) is 6.54 Å². The molecule has 0 saturated carbocycles. The largest absolute Gasteiger partial charge is 0.395 e. The van der Waals surface area contributed by atoms with Gasteiger partial charge >= 0.3 is 0 Å². The quantitative estimate of drug-likeness (QED) is 0.758. The summed E-state index contributed by atoms with van der Waals surface area (Å²) in [6, 6.07) is 0. The van der Waals surface area contributed by atoms with Crippen molar-refractivity contribution in [3.8, 4) is 0 Å². The number of amides is 1. The van der Waals surface area contributed by atoms with E-state index in [1.165, 1.54) is 16.8 Å². The third kappa shape index (κ3) is 2.17.